The highest BCUT2D eigenvalue weighted by Gasteiger charge is 2.26. The first-order valence-electron chi connectivity index (χ1n) is 5.46. The maximum absolute atomic E-state index is 9.51. The maximum atomic E-state index is 9.51. The number of aryl methyl sites for hydroxylation is 1. The van der Waals surface area contributed by atoms with Gasteiger partial charge in [-0.3, -0.25) is 4.90 Å². The molecule has 0 amide bonds. The number of rotatable bonds is 3. The van der Waals surface area contributed by atoms with Crippen molar-refractivity contribution >= 4 is 11.3 Å². The van der Waals surface area contributed by atoms with Gasteiger partial charge in [-0.2, -0.15) is 0 Å². The van der Waals surface area contributed by atoms with Gasteiger partial charge in [-0.15, -0.1) is 11.3 Å². The van der Waals surface area contributed by atoms with E-state index in [1.165, 1.54) is 4.88 Å². The van der Waals surface area contributed by atoms with Gasteiger partial charge in [0.05, 0.1) is 17.3 Å². The molecule has 1 aromatic heterocycles. The lowest BCUT2D eigenvalue weighted by Crippen LogP contribution is -2.23. The van der Waals surface area contributed by atoms with E-state index in [9.17, 15) is 5.11 Å². The summed E-state index contributed by atoms with van der Waals surface area (Å²) >= 11 is 1.73. The van der Waals surface area contributed by atoms with Crippen LogP contribution in [0.5, 0.6) is 0 Å². The van der Waals surface area contributed by atoms with Gasteiger partial charge in [-0.25, -0.2) is 4.98 Å². The third-order valence-electron chi connectivity index (χ3n) is 3.20. The summed E-state index contributed by atoms with van der Waals surface area (Å²) in [7, 11) is 0. The smallest absolute Gasteiger partial charge is 0.0798 e. The zero-order chi connectivity index (χ0) is 10.8. The minimum Gasteiger partial charge on any atom is -0.393 e. The molecule has 0 aliphatic carbocycles. The number of aromatic nitrogens is 1. The molecular formula is C11H18N2OS. The lowest BCUT2D eigenvalue weighted by atomic mass is 10.0. The summed E-state index contributed by atoms with van der Waals surface area (Å²) in [6, 6.07) is 0. The predicted molar refractivity (Wildman–Crippen MR) is 61.9 cm³/mol. The Labute approximate surface area is 94.8 Å². The van der Waals surface area contributed by atoms with Gasteiger partial charge in [-0.05, 0) is 32.7 Å². The molecule has 0 saturated carbocycles. The van der Waals surface area contributed by atoms with Gasteiger partial charge >= 0.3 is 0 Å². The van der Waals surface area contributed by atoms with E-state index in [4.69, 9.17) is 0 Å². The minimum absolute atomic E-state index is 0.169. The standard InChI is InChI=1S/C11H18N2OS/c1-8-11(15-7-12-8)6-13-4-3-10(5-13)9(2)14/h7,9-10,14H,3-6H2,1-2H3. The molecule has 4 heteroatoms. The average molecular weight is 226 g/mol. The molecule has 2 heterocycles. The van der Waals surface area contributed by atoms with Gasteiger partial charge in [0, 0.05) is 18.0 Å². The van der Waals surface area contributed by atoms with E-state index in [-0.39, 0.29) is 6.10 Å². The van der Waals surface area contributed by atoms with Gasteiger partial charge < -0.3 is 5.11 Å². The van der Waals surface area contributed by atoms with Crippen LogP contribution in [0, 0.1) is 12.8 Å². The predicted octanol–water partition coefficient (Wildman–Crippen LogP) is 1.65. The summed E-state index contributed by atoms with van der Waals surface area (Å²) < 4.78 is 0. The van der Waals surface area contributed by atoms with Crippen LogP contribution in [0.15, 0.2) is 5.51 Å². The van der Waals surface area contributed by atoms with Crippen molar-refractivity contribution in [3.05, 3.63) is 16.1 Å². The highest BCUT2D eigenvalue weighted by atomic mass is 32.1. The summed E-state index contributed by atoms with van der Waals surface area (Å²) in [5.74, 6) is 0.457. The number of hydrogen-bond donors (Lipinski definition) is 1. The first-order valence-corrected chi connectivity index (χ1v) is 6.34. The molecule has 1 N–H and O–H groups in total. The van der Waals surface area contributed by atoms with E-state index in [0.29, 0.717) is 5.92 Å². The van der Waals surface area contributed by atoms with Crippen LogP contribution >= 0.6 is 11.3 Å². The van der Waals surface area contributed by atoms with E-state index in [0.717, 1.165) is 31.7 Å². The van der Waals surface area contributed by atoms with Gasteiger partial charge in [0.15, 0.2) is 0 Å². The summed E-state index contributed by atoms with van der Waals surface area (Å²) in [5.41, 5.74) is 3.06. The van der Waals surface area contributed by atoms with Gasteiger partial charge in [0.25, 0.3) is 0 Å². The molecule has 2 rings (SSSR count). The molecule has 1 fully saturated rings. The Bertz CT molecular complexity index is 324. The van der Waals surface area contributed by atoms with Crippen molar-refractivity contribution < 1.29 is 5.11 Å². The van der Waals surface area contributed by atoms with E-state index in [2.05, 4.69) is 16.8 Å². The fraction of sp³-hybridized carbons (Fsp3) is 0.727. The van der Waals surface area contributed by atoms with Crippen LogP contribution in [0.2, 0.25) is 0 Å². The molecule has 1 aliphatic heterocycles. The Balaban J connectivity index is 1.90. The highest BCUT2D eigenvalue weighted by Crippen LogP contribution is 2.23. The lowest BCUT2D eigenvalue weighted by molar-refractivity contribution is 0.127. The minimum atomic E-state index is -0.169. The zero-order valence-electron chi connectivity index (χ0n) is 9.31. The van der Waals surface area contributed by atoms with E-state index >= 15 is 0 Å². The molecule has 0 aromatic carbocycles. The van der Waals surface area contributed by atoms with E-state index in [1.807, 2.05) is 12.4 Å². The molecule has 0 spiro atoms. The maximum Gasteiger partial charge on any atom is 0.0798 e. The Hall–Kier alpha value is -0.450. The van der Waals surface area contributed by atoms with Crippen LogP contribution in [-0.4, -0.2) is 34.2 Å². The zero-order valence-corrected chi connectivity index (χ0v) is 10.1. The Morgan fingerprint density at radius 3 is 3.07 bits per heavy atom. The summed E-state index contributed by atoms with van der Waals surface area (Å²) in [5, 5.41) is 9.51. The van der Waals surface area contributed by atoms with Crippen LogP contribution in [-0.2, 0) is 6.54 Å². The second-order valence-corrected chi connectivity index (χ2v) is 5.32. The number of aliphatic hydroxyl groups is 1. The van der Waals surface area contributed by atoms with Crippen molar-refractivity contribution in [1.29, 1.82) is 0 Å². The third kappa shape index (κ3) is 2.56. The quantitative estimate of drug-likeness (QED) is 0.851. The second-order valence-electron chi connectivity index (χ2n) is 4.39. The van der Waals surface area contributed by atoms with Crippen LogP contribution in [0.1, 0.15) is 23.9 Å². The van der Waals surface area contributed by atoms with Crippen LogP contribution in [0.4, 0.5) is 0 Å². The van der Waals surface area contributed by atoms with Crippen molar-refractivity contribution in [2.45, 2.75) is 32.9 Å². The van der Waals surface area contributed by atoms with E-state index < -0.39 is 0 Å². The highest BCUT2D eigenvalue weighted by molar-refractivity contribution is 7.09. The molecular weight excluding hydrogens is 208 g/mol. The molecule has 1 aromatic rings. The SMILES string of the molecule is Cc1ncsc1CN1CCC(C(C)O)C1. The Morgan fingerprint density at radius 2 is 2.53 bits per heavy atom. The van der Waals surface area contributed by atoms with Gasteiger partial charge in [0.2, 0.25) is 0 Å². The van der Waals surface area contributed by atoms with Crippen LogP contribution in [0.25, 0.3) is 0 Å². The number of thiazole rings is 1. The molecule has 0 bridgehead atoms. The first-order chi connectivity index (χ1) is 7.16. The van der Waals surface area contributed by atoms with Crippen LogP contribution in [0.3, 0.4) is 0 Å². The molecule has 1 saturated heterocycles. The topological polar surface area (TPSA) is 36.4 Å². The summed E-state index contributed by atoms with van der Waals surface area (Å²) in [4.78, 5) is 8.03. The number of hydrogen-bond acceptors (Lipinski definition) is 4. The van der Waals surface area contributed by atoms with Crippen LogP contribution < -0.4 is 0 Å². The monoisotopic (exact) mass is 226 g/mol. The fourth-order valence-electron chi connectivity index (χ4n) is 2.08. The lowest BCUT2D eigenvalue weighted by Gasteiger charge is -2.16. The molecule has 2 unspecified atom stereocenters. The van der Waals surface area contributed by atoms with Crippen molar-refractivity contribution in [2.75, 3.05) is 13.1 Å². The Kier molecular flexibility index (Phi) is 3.38. The second kappa shape index (κ2) is 4.60. The molecule has 2 atom stereocenters. The Morgan fingerprint density at radius 1 is 1.73 bits per heavy atom. The largest absolute Gasteiger partial charge is 0.393 e. The molecule has 15 heavy (non-hydrogen) atoms. The fourth-order valence-corrected chi connectivity index (χ4v) is 2.90. The normalized spacial score (nSPS) is 24.6. The number of aliphatic hydroxyl groups excluding tert-OH is 1. The van der Waals surface area contributed by atoms with Crippen molar-refractivity contribution in [3.63, 3.8) is 0 Å². The number of likely N-dealkylation sites (tertiary alicyclic amines) is 1. The third-order valence-corrected chi connectivity index (χ3v) is 4.12. The number of nitrogens with zero attached hydrogens (tertiary/aromatic N) is 2. The van der Waals surface area contributed by atoms with Gasteiger partial charge in [-0.1, -0.05) is 0 Å². The summed E-state index contributed by atoms with van der Waals surface area (Å²) in [6.07, 6.45) is 0.952. The van der Waals surface area contributed by atoms with Crippen molar-refractivity contribution in [3.8, 4) is 0 Å². The average Bonchev–Trinajstić information content (AvgIpc) is 2.77. The van der Waals surface area contributed by atoms with Gasteiger partial charge in [0.1, 0.15) is 0 Å². The van der Waals surface area contributed by atoms with Crippen molar-refractivity contribution in [1.82, 2.24) is 9.88 Å². The molecule has 1 aliphatic rings. The first kappa shape index (κ1) is 11.0. The van der Waals surface area contributed by atoms with E-state index in [1.54, 1.807) is 11.3 Å². The van der Waals surface area contributed by atoms with Crippen molar-refractivity contribution in [2.24, 2.45) is 5.92 Å². The molecule has 0 radical (unpaired) electrons. The molecule has 3 nitrogen and oxygen atoms in total. The molecule has 84 valence electrons. The summed E-state index contributed by atoms with van der Waals surface area (Å²) in [6.45, 7) is 7.09.